The van der Waals surface area contributed by atoms with Gasteiger partial charge in [0.1, 0.15) is 11.6 Å². The van der Waals surface area contributed by atoms with E-state index in [-0.39, 0.29) is 22.0 Å². The van der Waals surface area contributed by atoms with E-state index >= 15 is 0 Å². The molecule has 20 heavy (non-hydrogen) atoms. The molecule has 0 unspecified atom stereocenters. The lowest BCUT2D eigenvalue weighted by atomic mass is 10.1. The maximum atomic E-state index is 13.8. The SMILES string of the molecule is C=C1C(Cl)=CC=C(c2ccc(F)cc2F)N1CC(F)F. The largest absolute Gasteiger partial charge is 0.334 e. The highest BCUT2D eigenvalue weighted by Crippen LogP contribution is 2.34. The van der Waals surface area contributed by atoms with Gasteiger partial charge >= 0.3 is 0 Å². The molecule has 0 amide bonds. The summed E-state index contributed by atoms with van der Waals surface area (Å²) in [7, 11) is 0. The van der Waals surface area contributed by atoms with Gasteiger partial charge in [0, 0.05) is 11.6 Å². The quantitative estimate of drug-likeness (QED) is 0.742. The van der Waals surface area contributed by atoms with Crippen molar-refractivity contribution in [2.75, 3.05) is 6.54 Å². The lowest BCUT2D eigenvalue weighted by Crippen LogP contribution is -2.28. The van der Waals surface area contributed by atoms with Gasteiger partial charge in [-0.3, -0.25) is 0 Å². The van der Waals surface area contributed by atoms with E-state index in [1.54, 1.807) is 0 Å². The Labute approximate surface area is 118 Å². The van der Waals surface area contributed by atoms with Gasteiger partial charge in [0.05, 0.1) is 23.0 Å². The van der Waals surface area contributed by atoms with Crippen molar-refractivity contribution in [2.45, 2.75) is 6.43 Å². The van der Waals surface area contributed by atoms with Gasteiger partial charge in [0.25, 0.3) is 6.43 Å². The number of benzene rings is 1. The van der Waals surface area contributed by atoms with Crippen molar-refractivity contribution in [1.29, 1.82) is 0 Å². The molecule has 1 aromatic rings. The second kappa shape index (κ2) is 5.71. The number of hydrogen-bond donors (Lipinski definition) is 0. The molecule has 0 atom stereocenters. The predicted molar refractivity (Wildman–Crippen MR) is 70.1 cm³/mol. The molecule has 2 rings (SSSR count). The molecule has 0 aliphatic carbocycles. The van der Waals surface area contributed by atoms with Crippen LogP contribution < -0.4 is 0 Å². The van der Waals surface area contributed by atoms with Gasteiger partial charge in [0.2, 0.25) is 0 Å². The van der Waals surface area contributed by atoms with E-state index < -0.39 is 24.6 Å². The maximum absolute atomic E-state index is 13.8. The summed E-state index contributed by atoms with van der Waals surface area (Å²) < 4.78 is 52.0. The molecule has 6 heteroatoms. The van der Waals surface area contributed by atoms with Crippen LogP contribution >= 0.6 is 11.6 Å². The standard InChI is InChI=1S/C14H10ClF4N/c1-8-11(15)4-5-13(20(8)7-14(18)19)10-3-2-9(16)6-12(10)17/h2-6,14H,1,7H2. The Hall–Kier alpha value is -1.75. The zero-order valence-corrected chi connectivity index (χ0v) is 11.0. The van der Waals surface area contributed by atoms with Crippen LogP contribution in [-0.2, 0) is 0 Å². The Kier molecular flexibility index (Phi) is 4.18. The molecule has 0 spiro atoms. The Bertz CT molecular complexity index is 607. The first-order valence-corrected chi connectivity index (χ1v) is 6.06. The fraction of sp³-hybridized carbons (Fsp3) is 0.143. The van der Waals surface area contributed by atoms with E-state index in [4.69, 9.17) is 11.6 Å². The molecule has 1 aromatic carbocycles. The van der Waals surface area contributed by atoms with Gasteiger partial charge in [-0.1, -0.05) is 18.2 Å². The smallest absolute Gasteiger partial charge is 0.256 e. The van der Waals surface area contributed by atoms with E-state index in [9.17, 15) is 17.6 Å². The van der Waals surface area contributed by atoms with Crippen LogP contribution in [0, 0.1) is 11.6 Å². The zero-order chi connectivity index (χ0) is 14.9. The fourth-order valence-electron chi connectivity index (χ4n) is 1.89. The van der Waals surface area contributed by atoms with Crippen molar-refractivity contribution in [2.24, 2.45) is 0 Å². The number of nitrogens with zero attached hydrogens (tertiary/aromatic N) is 1. The van der Waals surface area contributed by atoms with Gasteiger partial charge in [-0.15, -0.1) is 0 Å². The third-order valence-electron chi connectivity index (χ3n) is 2.81. The van der Waals surface area contributed by atoms with Crippen molar-refractivity contribution in [3.63, 3.8) is 0 Å². The minimum Gasteiger partial charge on any atom is -0.334 e. The average Bonchev–Trinajstić information content (AvgIpc) is 2.36. The molecule has 1 nitrogen and oxygen atoms in total. The minimum atomic E-state index is -2.65. The van der Waals surface area contributed by atoms with Gasteiger partial charge in [-0.05, 0) is 24.3 Å². The van der Waals surface area contributed by atoms with Gasteiger partial charge < -0.3 is 4.90 Å². The Morgan fingerprint density at radius 1 is 1.20 bits per heavy atom. The lowest BCUT2D eigenvalue weighted by Gasteiger charge is -2.31. The molecule has 1 aliphatic heterocycles. The van der Waals surface area contributed by atoms with Gasteiger partial charge in [-0.2, -0.15) is 0 Å². The first-order valence-electron chi connectivity index (χ1n) is 5.68. The number of rotatable bonds is 3. The van der Waals surface area contributed by atoms with Gasteiger partial charge in [0.15, 0.2) is 0 Å². The molecule has 1 aliphatic rings. The third kappa shape index (κ3) is 2.88. The van der Waals surface area contributed by atoms with Crippen molar-refractivity contribution in [3.8, 4) is 0 Å². The van der Waals surface area contributed by atoms with Crippen molar-refractivity contribution in [1.82, 2.24) is 4.90 Å². The molecule has 0 radical (unpaired) electrons. The molecular formula is C14H10ClF4N. The summed E-state index contributed by atoms with van der Waals surface area (Å²) in [5, 5.41) is 0.192. The summed E-state index contributed by atoms with van der Waals surface area (Å²) in [6, 6.07) is 2.94. The van der Waals surface area contributed by atoms with Crippen LogP contribution in [0.25, 0.3) is 5.70 Å². The molecule has 106 valence electrons. The summed E-state index contributed by atoms with van der Waals surface area (Å²) in [4.78, 5) is 1.11. The normalized spacial score (nSPS) is 15.5. The average molecular weight is 304 g/mol. The third-order valence-corrected chi connectivity index (χ3v) is 3.15. The molecule has 0 bridgehead atoms. The van der Waals surface area contributed by atoms with Crippen LogP contribution in [0.5, 0.6) is 0 Å². The second-order valence-electron chi connectivity index (χ2n) is 4.14. The van der Waals surface area contributed by atoms with E-state index in [2.05, 4.69) is 6.58 Å². The molecule has 0 aromatic heterocycles. The van der Waals surface area contributed by atoms with Crippen molar-refractivity contribution in [3.05, 3.63) is 64.9 Å². The monoisotopic (exact) mass is 303 g/mol. The molecule has 0 saturated heterocycles. The van der Waals surface area contributed by atoms with Gasteiger partial charge in [-0.25, -0.2) is 17.6 Å². The first kappa shape index (κ1) is 14.7. The van der Waals surface area contributed by atoms with Crippen LogP contribution in [0.4, 0.5) is 17.6 Å². The van der Waals surface area contributed by atoms with Crippen LogP contribution in [0.2, 0.25) is 0 Å². The molecule has 0 N–H and O–H groups in total. The topological polar surface area (TPSA) is 3.24 Å². The highest BCUT2D eigenvalue weighted by molar-refractivity contribution is 6.32. The van der Waals surface area contributed by atoms with Crippen LogP contribution in [-0.4, -0.2) is 17.9 Å². The van der Waals surface area contributed by atoms with E-state index in [0.29, 0.717) is 6.07 Å². The number of allylic oxidation sites excluding steroid dienone is 3. The van der Waals surface area contributed by atoms with Crippen LogP contribution in [0.3, 0.4) is 0 Å². The lowest BCUT2D eigenvalue weighted by molar-refractivity contribution is 0.123. The Morgan fingerprint density at radius 2 is 1.90 bits per heavy atom. The van der Waals surface area contributed by atoms with E-state index in [0.717, 1.165) is 11.0 Å². The molecule has 1 heterocycles. The first-order chi connectivity index (χ1) is 9.40. The molecule has 0 saturated carbocycles. The van der Waals surface area contributed by atoms with E-state index in [1.165, 1.54) is 18.2 Å². The number of alkyl halides is 2. The highest BCUT2D eigenvalue weighted by Gasteiger charge is 2.25. The second-order valence-corrected chi connectivity index (χ2v) is 4.55. The summed E-state index contributed by atoms with van der Waals surface area (Å²) in [6.45, 7) is 2.93. The Balaban J connectivity index is 2.48. The van der Waals surface area contributed by atoms with Crippen molar-refractivity contribution >= 4 is 17.3 Å². The summed E-state index contributed by atoms with van der Waals surface area (Å²) in [5.41, 5.74) is 0.319. The maximum Gasteiger partial charge on any atom is 0.256 e. The number of halogens is 5. The van der Waals surface area contributed by atoms with Crippen molar-refractivity contribution < 1.29 is 17.6 Å². The van der Waals surface area contributed by atoms with Crippen LogP contribution in [0.1, 0.15) is 5.56 Å². The van der Waals surface area contributed by atoms with E-state index in [1.807, 2.05) is 0 Å². The van der Waals surface area contributed by atoms with Crippen LogP contribution in [0.15, 0.2) is 47.7 Å². The highest BCUT2D eigenvalue weighted by atomic mass is 35.5. The summed E-state index contributed by atoms with van der Waals surface area (Å²) in [5.74, 6) is -1.58. The minimum absolute atomic E-state index is 0.00798. The molecular weight excluding hydrogens is 294 g/mol. The Morgan fingerprint density at radius 3 is 2.50 bits per heavy atom. The summed E-state index contributed by atoms with van der Waals surface area (Å²) in [6.07, 6.45) is 0.181. The predicted octanol–water partition coefficient (Wildman–Crippen LogP) is 4.52. The number of hydrogen-bond acceptors (Lipinski definition) is 1. The fourth-order valence-corrected chi connectivity index (χ4v) is 2.06. The zero-order valence-electron chi connectivity index (χ0n) is 10.2. The summed E-state index contributed by atoms with van der Waals surface area (Å²) >= 11 is 5.84. The molecule has 0 fully saturated rings.